The molecule has 22 heavy (non-hydrogen) atoms. The number of anilines is 4. The van der Waals surface area contributed by atoms with Gasteiger partial charge in [0.1, 0.15) is 5.82 Å². The van der Waals surface area contributed by atoms with Gasteiger partial charge in [0, 0.05) is 44.8 Å². The van der Waals surface area contributed by atoms with E-state index in [0.29, 0.717) is 5.95 Å². The molecule has 0 unspecified atom stereocenters. The predicted octanol–water partition coefficient (Wildman–Crippen LogP) is 2.26. The minimum absolute atomic E-state index is 0.636. The molecule has 0 fully saturated rings. The fourth-order valence-corrected chi connectivity index (χ4v) is 1.90. The van der Waals surface area contributed by atoms with Crippen molar-refractivity contribution in [1.29, 1.82) is 0 Å². The molecule has 0 spiro atoms. The predicted molar refractivity (Wildman–Crippen MR) is 93.1 cm³/mol. The summed E-state index contributed by atoms with van der Waals surface area (Å²) in [7, 11) is 8.13. The summed E-state index contributed by atoms with van der Waals surface area (Å²) in [5.41, 5.74) is 2.17. The van der Waals surface area contributed by atoms with E-state index in [4.69, 9.17) is 0 Å². The average molecular weight is 300 g/mol. The van der Waals surface area contributed by atoms with E-state index in [-0.39, 0.29) is 0 Å². The van der Waals surface area contributed by atoms with Crippen molar-refractivity contribution in [1.82, 2.24) is 14.9 Å². The smallest absolute Gasteiger partial charge is 0.224 e. The van der Waals surface area contributed by atoms with Gasteiger partial charge < -0.3 is 20.4 Å². The maximum Gasteiger partial charge on any atom is 0.224 e. The Bertz CT molecular complexity index is 579. The van der Waals surface area contributed by atoms with Crippen LogP contribution in [0.15, 0.2) is 36.5 Å². The van der Waals surface area contributed by atoms with Gasteiger partial charge >= 0.3 is 0 Å². The molecule has 1 heterocycles. The van der Waals surface area contributed by atoms with E-state index in [1.165, 1.54) is 5.69 Å². The van der Waals surface area contributed by atoms with E-state index in [1.54, 1.807) is 6.20 Å². The molecule has 2 N–H and O–H groups in total. The lowest BCUT2D eigenvalue weighted by molar-refractivity contribution is 0.425. The van der Waals surface area contributed by atoms with Crippen molar-refractivity contribution in [3.63, 3.8) is 0 Å². The Morgan fingerprint density at radius 1 is 1.00 bits per heavy atom. The summed E-state index contributed by atoms with van der Waals surface area (Å²) >= 11 is 0. The zero-order valence-electron chi connectivity index (χ0n) is 13.7. The Balaban J connectivity index is 1.97. The van der Waals surface area contributed by atoms with Gasteiger partial charge in [-0.05, 0) is 44.4 Å². The summed E-state index contributed by atoms with van der Waals surface area (Å²) in [6.07, 6.45) is 1.75. The highest BCUT2D eigenvalue weighted by atomic mass is 15.2. The molecular weight excluding hydrogens is 276 g/mol. The fraction of sp³-hybridized carbons (Fsp3) is 0.375. The van der Waals surface area contributed by atoms with Gasteiger partial charge in [0.15, 0.2) is 0 Å². The largest absolute Gasteiger partial charge is 0.378 e. The summed E-state index contributed by atoms with van der Waals surface area (Å²) in [5.74, 6) is 1.41. The van der Waals surface area contributed by atoms with Gasteiger partial charge in [-0.1, -0.05) is 0 Å². The third-order valence-corrected chi connectivity index (χ3v) is 3.15. The number of rotatable bonds is 7. The minimum Gasteiger partial charge on any atom is -0.378 e. The van der Waals surface area contributed by atoms with Gasteiger partial charge in [0.25, 0.3) is 0 Å². The van der Waals surface area contributed by atoms with Gasteiger partial charge in [0.05, 0.1) is 0 Å². The lowest BCUT2D eigenvalue weighted by Gasteiger charge is -2.13. The van der Waals surface area contributed by atoms with Crippen LogP contribution in [-0.2, 0) is 0 Å². The molecule has 2 aromatic rings. The number of hydrogen-bond donors (Lipinski definition) is 2. The molecule has 0 aliphatic rings. The second-order valence-electron chi connectivity index (χ2n) is 5.56. The second-order valence-corrected chi connectivity index (χ2v) is 5.56. The molecule has 0 aliphatic heterocycles. The Morgan fingerprint density at radius 2 is 1.73 bits per heavy atom. The SMILES string of the molecule is CN(C)CCNc1nccc(Nc2ccc(N(C)C)cc2)n1. The molecule has 1 aromatic heterocycles. The third kappa shape index (κ3) is 4.89. The van der Waals surface area contributed by atoms with E-state index < -0.39 is 0 Å². The molecule has 0 amide bonds. The quantitative estimate of drug-likeness (QED) is 0.818. The lowest BCUT2D eigenvalue weighted by Crippen LogP contribution is -2.21. The number of likely N-dealkylation sites (N-methyl/N-ethyl adjacent to an activating group) is 1. The number of benzene rings is 1. The van der Waals surface area contributed by atoms with Crippen molar-refractivity contribution >= 4 is 23.1 Å². The van der Waals surface area contributed by atoms with Crippen LogP contribution in [0.25, 0.3) is 0 Å². The monoisotopic (exact) mass is 300 g/mol. The van der Waals surface area contributed by atoms with Crippen LogP contribution in [0, 0.1) is 0 Å². The molecule has 0 saturated carbocycles. The maximum absolute atomic E-state index is 4.46. The van der Waals surface area contributed by atoms with E-state index in [9.17, 15) is 0 Å². The third-order valence-electron chi connectivity index (χ3n) is 3.15. The van der Waals surface area contributed by atoms with Gasteiger partial charge in [-0.25, -0.2) is 4.98 Å². The summed E-state index contributed by atoms with van der Waals surface area (Å²) in [6, 6.07) is 10.1. The Labute approximate surface area is 132 Å². The van der Waals surface area contributed by atoms with Crippen LogP contribution in [0.3, 0.4) is 0 Å². The van der Waals surface area contributed by atoms with Gasteiger partial charge in [0.2, 0.25) is 5.95 Å². The fourth-order valence-electron chi connectivity index (χ4n) is 1.90. The molecule has 2 rings (SSSR count). The summed E-state index contributed by atoms with van der Waals surface area (Å²) in [5, 5.41) is 6.51. The number of aromatic nitrogens is 2. The molecule has 0 saturated heterocycles. The molecule has 118 valence electrons. The van der Waals surface area contributed by atoms with E-state index in [0.717, 1.165) is 24.6 Å². The van der Waals surface area contributed by atoms with Crippen molar-refractivity contribution in [2.75, 3.05) is 56.8 Å². The Hall–Kier alpha value is -2.34. The molecule has 0 aliphatic carbocycles. The number of nitrogens with one attached hydrogen (secondary N) is 2. The van der Waals surface area contributed by atoms with Crippen LogP contribution in [0.2, 0.25) is 0 Å². The molecular formula is C16H24N6. The first kappa shape index (κ1) is 16.0. The minimum atomic E-state index is 0.636. The van der Waals surface area contributed by atoms with E-state index in [1.807, 2.05) is 46.4 Å². The summed E-state index contributed by atoms with van der Waals surface area (Å²) in [4.78, 5) is 12.9. The van der Waals surface area contributed by atoms with Crippen molar-refractivity contribution in [2.45, 2.75) is 0 Å². The number of nitrogens with zero attached hydrogens (tertiary/aromatic N) is 4. The summed E-state index contributed by atoms with van der Waals surface area (Å²) in [6.45, 7) is 1.75. The van der Waals surface area contributed by atoms with Crippen LogP contribution >= 0.6 is 0 Å². The van der Waals surface area contributed by atoms with Crippen LogP contribution in [0.5, 0.6) is 0 Å². The van der Waals surface area contributed by atoms with Crippen molar-refractivity contribution < 1.29 is 0 Å². The first-order chi connectivity index (χ1) is 10.5. The molecule has 0 radical (unpaired) electrons. The lowest BCUT2D eigenvalue weighted by atomic mass is 10.2. The second kappa shape index (κ2) is 7.61. The first-order valence-electron chi connectivity index (χ1n) is 7.30. The van der Waals surface area contributed by atoms with Gasteiger partial charge in [-0.15, -0.1) is 0 Å². The number of hydrogen-bond acceptors (Lipinski definition) is 6. The Kier molecular flexibility index (Phi) is 5.55. The van der Waals surface area contributed by atoms with Crippen LogP contribution < -0.4 is 15.5 Å². The highest BCUT2D eigenvalue weighted by Gasteiger charge is 2.01. The van der Waals surface area contributed by atoms with Crippen LogP contribution in [0.1, 0.15) is 0 Å². The van der Waals surface area contributed by atoms with Crippen LogP contribution in [-0.4, -0.2) is 56.1 Å². The summed E-state index contributed by atoms with van der Waals surface area (Å²) < 4.78 is 0. The first-order valence-corrected chi connectivity index (χ1v) is 7.30. The van der Waals surface area contributed by atoms with E-state index in [2.05, 4.69) is 42.5 Å². The molecule has 6 nitrogen and oxygen atoms in total. The zero-order chi connectivity index (χ0) is 15.9. The normalized spacial score (nSPS) is 10.6. The highest BCUT2D eigenvalue weighted by Crippen LogP contribution is 2.19. The van der Waals surface area contributed by atoms with Crippen LogP contribution in [0.4, 0.5) is 23.1 Å². The molecule has 0 atom stereocenters. The zero-order valence-corrected chi connectivity index (χ0v) is 13.7. The molecule has 6 heteroatoms. The topological polar surface area (TPSA) is 56.3 Å². The van der Waals surface area contributed by atoms with Gasteiger partial charge in [-0.2, -0.15) is 4.98 Å². The maximum atomic E-state index is 4.46. The van der Waals surface area contributed by atoms with Crippen molar-refractivity contribution in [3.05, 3.63) is 36.5 Å². The van der Waals surface area contributed by atoms with Gasteiger partial charge in [-0.3, -0.25) is 0 Å². The highest BCUT2D eigenvalue weighted by molar-refractivity contribution is 5.60. The average Bonchev–Trinajstić information content (AvgIpc) is 2.48. The molecule has 1 aromatic carbocycles. The van der Waals surface area contributed by atoms with Crippen molar-refractivity contribution in [2.24, 2.45) is 0 Å². The van der Waals surface area contributed by atoms with Crippen molar-refractivity contribution in [3.8, 4) is 0 Å². The molecule has 0 bridgehead atoms. The van der Waals surface area contributed by atoms with E-state index >= 15 is 0 Å². The Morgan fingerprint density at radius 3 is 2.36 bits per heavy atom. The standard InChI is InChI=1S/C16H24N6/c1-21(2)12-11-18-16-17-10-9-15(20-16)19-13-5-7-14(8-6-13)22(3)4/h5-10H,11-12H2,1-4H3,(H2,17,18,19,20).